The summed E-state index contributed by atoms with van der Waals surface area (Å²) in [5, 5.41) is 0. The number of benzene rings is 1. The van der Waals surface area contributed by atoms with Crippen molar-refractivity contribution in [1.82, 2.24) is 0 Å². The minimum Gasteiger partial charge on any atom is -0.497 e. The number of hydrogen-bond acceptors (Lipinski definition) is 2. The number of rotatable bonds is 2. The van der Waals surface area contributed by atoms with E-state index in [1.54, 1.807) is 0 Å². The first kappa shape index (κ1) is 10.9. The van der Waals surface area contributed by atoms with Crippen LogP contribution in [0.1, 0.15) is 10.4 Å². The lowest BCUT2D eigenvalue weighted by Gasteiger charge is -1.99. The lowest BCUT2D eigenvalue weighted by Crippen LogP contribution is -1.89. The van der Waals surface area contributed by atoms with Crippen molar-refractivity contribution in [2.45, 2.75) is 0 Å². The summed E-state index contributed by atoms with van der Waals surface area (Å²) in [4.78, 5) is 10.1. The summed E-state index contributed by atoms with van der Waals surface area (Å²) in [6.45, 7) is 0. The fourth-order valence-electron chi connectivity index (χ4n) is 0.730. The summed E-state index contributed by atoms with van der Waals surface area (Å²) in [5.41, 5.74) is 0.0470. The second-order valence-corrected chi connectivity index (χ2v) is 2.01. The zero-order chi connectivity index (χ0) is 8.27. The minimum absolute atomic E-state index is 0. The molecule has 0 aliphatic carbocycles. The maximum Gasteiger partial charge on any atom is 0.152 e. The lowest BCUT2D eigenvalue weighted by atomic mass is 10.2. The normalized spacial score (nSPS) is 8.50. The smallest absolute Gasteiger partial charge is 0.152 e. The molecule has 0 radical (unpaired) electrons. The van der Waals surface area contributed by atoms with E-state index in [1.165, 1.54) is 25.3 Å². The molecule has 0 aliphatic rings. The van der Waals surface area contributed by atoms with Crippen LogP contribution in [0.2, 0.25) is 0 Å². The Balaban J connectivity index is 0.00000121. The third-order valence-electron chi connectivity index (χ3n) is 1.33. The zero-order valence-electron chi connectivity index (χ0n) is 6.41. The van der Waals surface area contributed by atoms with Gasteiger partial charge in [0, 0.05) is 6.07 Å². The van der Waals surface area contributed by atoms with Gasteiger partial charge in [0.25, 0.3) is 0 Å². The van der Waals surface area contributed by atoms with Crippen LogP contribution in [0.25, 0.3) is 0 Å². The number of methoxy groups -OCH3 is 1. The van der Waals surface area contributed by atoms with E-state index in [1.807, 2.05) is 0 Å². The maximum atomic E-state index is 12.7. The molecule has 0 fully saturated rings. The van der Waals surface area contributed by atoms with Gasteiger partial charge in [0.2, 0.25) is 0 Å². The molecule has 0 N–H and O–H groups in total. The van der Waals surface area contributed by atoms with Crippen LogP contribution in [-0.4, -0.2) is 13.4 Å². The van der Waals surface area contributed by atoms with Crippen LogP contribution in [0.15, 0.2) is 18.2 Å². The molecule has 0 bridgehead atoms. The van der Waals surface area contributed by atoms with Crippen molar-refractivity contribution in [3.63, 3.8) is 0 Å². The number of ether oxygens (including phenoxy) is 1. The molecule has 12 heavy (non-hydrogen) atoms. The summed E-state index contributed by atoms with van der Waals surface area (Å²) in [6, 6.07) is 4.08. The molecule has 1 aromatic rings. The van der Waals surface area contributed by atoms with E-state index >= 15 is 0 Å². The highest BCUT2D eigenvalue weighted by molar-refractivity contribution is 5.85. The van der Waals surface area contributed by atoms with Gasteiger partial charge in [-0.2, -0.15) is 0 Å². The van der Waals surface area contributed by atoms with Crippen molar-refractivity contribution in [2.24, 2.45) is 0 Å². The van der Waals surface area contributed by atoms with Gasteiger partial charge in [0.1, 0.15) is 11.6 Å². The van der Waals surface area contributed by atoms with Crippen LogP contribution in [0, 0.1) is 5.82 Å². The molecule has 1 rings (SSSR count). The summed E-state index contributed by atoms with van der Waals surface area (Å²) in [5.74, 6) is -0.146. The average molecular weight is 191 g/mol. The van der Waals surface area contributed by atoms with Gasteiger partial charge >= 0.3 is 0 Å². The zero-order valence-corrected chi connectivity index (χ0v) is 7.23. The van der Waals surface area contributed by atoms with E-state index in [0.717, 1.165) is 0 Å². The number of carbonyl (C=O) groups excluding carboxylic acids is 1. The SMILES string of the molecule is COc1ccc(C=O)c(F)c1.Cl. The van der Waals surface area contributed by atoms with Gasteiger partial charge in [-0.1, -0.05) is 0 Å². The number of aldehydes is 1. The highest BCUT2D eigenvalue weighted by Gasteiger charge is 2.00. The molecule has 0 saturated heterocycles. The molecule has 0 aromatic heterocycles. The van der Waals surface area contributed by atoms with Crippen molar-refractivity contribution in [1.29, 1.82) is 0 Å². The Labute approximate surface area is 75.8 Å². The van der Waals surface area contributed by atoms with Crippen LogP contribution in [0.3, 0.4) is 0 Å². The second kappa shape index (κ2) is 4.72. The van der Waals surface area contributed by atoms with E-state index in [4.69, 9.17) is 4.74 Å². The number of hydrogen-bond donors (Lipinski definition) is 0. The van der Waals surface area contributed by atoms with E-state index in [2.05, 4.69) is 0 Å². The van der Waals surface area contributed by atoms with Crippen molar-refractivity contribution in [3.05, 3.63) is 29.6 Å². The third kappa shape index (κ3) is 2.20. The predicted octanol–water partition coefficient (Wildman–Crippen LogP) is 2.07. The van der Waals surface area contributed by atoms with E-state index in [-0.39, 0.29) is 18.0 Å². The molecule has 66 valence electrons. The van der Waals surface area contributed by atoms with E-state index < -0.39 is 5.82 Å². The Morgan fingerprint density at radius 1 is 1.50 bits per heavy atom. The summed E-state index contributed by atoms with van der Waals surface area (Å²) in [7, 11) is 1.44. The Bertz CT molecular complexity index is 276. The largest absolute Gasteiger partial charge is 0.497 e. The predicted molar refractivity (Wildman–Crippen MR) is 45.6 cm³/mol. The van der Waals surface area contributed by atoms with E-state index in [0.29, 0.717) is 12.0 Å². The maximum absolute atomic E-state index is 12.7. The standard InChI is InChI=1S/C8H7FO2.ClH/c1-11-7-3-2-6(5-10)8(9)4-7;/h2-5H,1H3;1H. The molecule has 0 unspecified atom stereocenters. The second-order valence-electron chi connectivity index (χ2n) is 2.01. The Morgan fingerprint density at radius 3 is 2.58 bits per heavy atom. The number of carbonyl (C=O) groups is 1. The van der Waals surface area contributed by atoms with Crippen molar-refractivity contribution in [3.8, 4) is 5.75 Å². The highest BCUT2D eigenvalue weighted by Crippen LogP contribution is 2.14. The van der Waals surface area contributed by atoms with Gasteiger partial charge in [0.15, 0.2) is 6.29 Å². The van der Waals surface area contributed by atoms with Crippen molar-refractivity contribution in [2.75, 3.05) is 7.11 Å². The van der Waals surface area contributed by atoms with Gasteiger partial charge in [-0.25, -0.2) is 4.39 Å². The molecule has 2 nitrogen and oxygen atoms in total. The topological polar surface area (TPSA) is 26.3 Å². The Kier molecular flexibility index (Phi) is 4.29. The summed E-state index contributed by atoms with van der Waals surface area (Å²) in [6.07, 6.45) is 0.467. The van der Waals surface area contributed by atoms with Crippen LogP contribution < -0.4 is 4.74 Å². The fourth-order valence-corrected chi connectivity index (χ4v) is 0.730. The first-order chi connectivity index (χ1) is 5.27. The van der Waals surface area contributed by atoms with Gasteiger partial charge in [-0.15, -0.1) is 12.4 Å². The van der Waals surface area contributed by atoms with Crippen LogP contribution in [-0.2, 0) is 0 Å². The molecule has 0 amide bonds. The lowest BCUT2D eigenvalue weighted by molar-refractivity contribution is 0.112. The van der Waals surface area contributed by atoms with Gasteiger partial charge < -0.3 is 4.74 Å². The van der Waals surface area contributed by atoms with Gasteiger partial charge in [0.05, 0.1) is 12.7 Å². The molecule has 0 atom stereocenters. The van der Waals surface area contributed by atoms with Crippen LogP contribution in [0.4, 0.5) is 4.39 Å². The number of halogens is 2. The first-order valence-electron chi connectivity index (χ1n) is 3.06. The third-order valence-corrected chi connectivity index (χ3v) is 1.33. The first-order valence-corrected chi connectivity index (χ1v) is 3.06. The Morgan fingerprint density at radius 2 is 2.17 bits per heavy atom. The molecule has 4 heteroatoms. The average Bonchev–Trinajstić information content (AvgIpc) is 2.04. The molecule has 0 heterocycles. The van der Waals surface area contributed by atoms with Crippen molar-refractivity contribution >= 4 is 18.7 Å². The van der Waals surface area contributed by atoms with Crippen LogP contribution in [0.5, 0.6) is 5.75 Å². The molecule has 1 aromatic carbocycles. The summed E-state index contributed by atoms with van der Waals surface area (Å²) >= 11 is 0. The molecular formula is C8H8ClFO2. The van der Waals surface area contributed by atoms with Gasteiger partial charge in [-0.05, 0) is 12.1 Å². The fraction of sp³-hybridized carbons (Fsp3) is 0.125. The quantitative estimate of drug-likeness (QED) is 0.668. The van der Waals surface area contributed by atoms with Crippen molar-refractivity contribution < 1.29 is 13.9 Å². The summed E-state index contributed by atoms with van der Waals surface area (Å²) < 4.78 is 17.5. The highest BCUT2D eigenvalue weighted by atomic mass is 35.5. The Hall–Kier alpha value is -1.09. The molecule has 0 spiro atoms. The molecule has 0 saturated carbocycles. The molecule has 0 aliphatic heterocycles. The minimum atomic E-state index is -0.556. The van der Waals surface area contributed by atoms with E-state index in [9.17, 15) is 9.18 Å². The molecular weight excluding hydrogens is 183 g/mol. The van der Waals surface area contributed by atoms with Crippen LogP contribution >= 0.6 is 12.4 Å². The monoisotopic (exact) mass is 190 g/mol. The van der Waals surface area contributed by atoms with Gasteiger partial charge in [-0.3, -0.25) is 4.79 Å².